The molecule has 0 aliphatic heterocycles. The van der Waals surface area contributed by atoms with E-state index in [2.05, 4.69) is 0 Å². The molecule has 17 heavy (non-hydrogen) atoms. The third-order valence-corrected chi connectivity index (χ3v) is 3.45. The molecule has 4 heteroatoms. The first-order valence-electron chi connectivity index (χ1n) is 5.71. The summed E-state index contributed by atoms with van der Waals surface area (Å²) in [6.45, 7) is 0. The topological polar surface area (TPSA) is 44.5 Å². The van der Waals surface area contributed by atoms with Gasteiger partial charge in [-0.25, -0.2) is 0 Å². The molecule has 1 aromatic carbocycles. The van der Waals surface area contributed by atoms with E-state index in [0.29, 0.717) is 0 Å². The van der Waals surface area contributed by atoms with Crippen LogP contribution in [0.1, 0.15) is 31.2 Å². The Kier molecular flexibility index (Phi) is 4.66. The quantitative estimate of drug-likeness (QED) is 0.906. The van der Waals surface area contributed by atoms with Gasteiger partial charge in [-0.05, 0) is 30.5 Å². The number of hydrogen-bond donors (Lipinski definition) is 1. The molecule has 3 nitrogen and oxygen atoms in total. The molecule has 0 saturated heterocycles. The number of ether oxygens (including phenoxy) is 2. The summed E-state index contributed by atoms with van der Waals surface area (Å²) in [6, 6.07) is 5.98. The molecule has 0 amide bonds. The van der Waals surface area contributed by atoms with Crippen LogP contribution in [-0.2, 0) is 5.54 Å². The van der Waals surface area contributed by atoms with Crippen molar-refractivity contribution in [2.24, 2.45) is 5.73 Å². The van der Waals surface area contributed by atoms with Gasteiger partial charge in [0.1, 0.15) is 0 Å². The molecule has 1 fully saturated rings. The smallest absolute Gasteiger partial charge is 0.161 e. The molecule has 0 spiro atoms. The van der Waals surface area contributed by atoms with Gasteiger partial charge in [-0.3, -0.25) is 0 Å². The maximum atomic E-state index is 6.40. The van der Waals surface area contributed by atoms with Crippen LogP contribution in [0, 0.1) is 0 Å². The van der Waals surface area contributed by atoms with E-state index in [-0.39, 0.29) is 17.9 Å². The first kappa shape index (κ1) is 14.1. The minimum Gasteiger partial charge on any atom is -0.493 e. The monoisotopic (exact) mass is 257 g/mol. The normalized spacial score (nSPS) is 17.4. The van der Waals surface area contributed by atoms with E-state index < -0.39 is 0 Å². The van der Waals surface area contributed by atoms with E-state index in [4.69, 9.17) is 15.2 Å². The maximum Gasteiger partial charge on any atom is 0.161 e. The zero-order valence-corrected chi connectivity index (χ0v) is 11.2. The van der Waals surface area contributed by atoms with Crippen LogP contribution in [0.15, 0.2) is 18.2 Å². The van der Waals surface area contributed by atoms with Crippen molar-refractivity contribution >= 4 is 12.4 Å². The Bertz CT molecular complexity index is 376. The molecule has 2 rings (SSSR count). The lowest BCUT2D eigenvalue weighted by molar-refractivity contribution is 0.352. The number of rotatable bonds is 3. The van der Waals surface area contributed by atoms with E-state index >= 15 is 0 Å². The lowest BCUT2D eigenvalue weighted by atomic mass is 9.89. The van der Waals surface area contributed by atoms with Gasteiger partial charge in [0, 0.05) is 5.54 Å². The number of hydrogen-bond acceptors (Lipinski definition) is 3. The van der Waals surface area contributed by atoms with Gasteiger partial charge in [-0.15, -0.1) is 12.4 Å². The summed E-state index contributed by atoms with van der Waals surface area (Å²) in [6.07, 6.45) is 4.54. The van der Waals surface area contributed by atoms with E-state index in [1.54, 1.807) is 14.2 Å². The summed E-state index contributed by atoms with van der Waals surface area (Å²) in [4.78, 5) is 0. The molecule has 0 radical (unpaired) electrons. The SMILES string of the molecule is COc1ccc(C2(N)CCCC2)cc1OC.Cl. The number of methoxy groups -OCH3 is 2. The van der Waals surface area contributed by atoms with Crippen molar-refractivity contribution in [2.45, 2.75) is 31.2 Å². The molecule has 1 aliphatic carbocycles. The minimum absolute atomic E-state index is 0. The van der Waals surface area contributed by atoms with Gasteiger partial charge in [-0.2, -0.15) is 0 Å². The van der Waals surface area contributed by atoms with Crippen LogP contribution in [-0.4, -0.2) is 14.2 Å². The van der Waals surface area contributed by atoms with E-state index in [1.807, 2.05) is 18.2 Å². The van der Waals surface area contributed by atoms with Gasteiger partial charge >= 0.3 is 0 Å². The van der Waals surface area contributed by atoms with Crippen molar-refractivity contribution in [3.8, 4) is 11.5 Å². The number of nitrogens with two attached hydrogens (primary N) is 1. The first-order valence-corrected chi connectivity index (χ1v) is 5.71. The molecule has 1 aromatic rings. The second-order valence-corrected chi connectivity index (χ2v) is 4.43. The fraction of sp³-hybridized carbons (Fsp3) is 0.538. The standard InChI is InChI=1S/C13H19NO2.ClH/c1-15-11-6-5-10(9-12(11)16-2)13(14)7-3-4-8-13;/h5-6,9H,3-4,7-8,14H2,1-2H3;1H. The Balaban J connectivity index is 0.00000144. The van der Waals surface area contributed by atoms with E-state index in [0.717, 1.165) is 29.9 Å². The van der Waals surface area contributed by atoms with Gasteiger partial charge in [0.25, 0.3) is 0 Å². The van der Waals surface area contributed by atoms with Crippen molar-refractivity contribution in [1.82, 2.24) is 0 Å². The molecular formula is C13H20ClNO2. The lowest BCUT2D eigenvalue weighted by Gasteiger charge is -2.25. The summed E-state index contributed by atoms with van der Waals surface area (Å²) >= 11 is 0. The van der Waals surface area contributed by atoms with Crippen LogP contribution in [0.4, 0.5) is 0 Å². The average Bonchev–Trinajstić information content (AvgIpc) is 2.76. The summed E-state index contributed by atoms with van der Waals surface area (Å²) in [7, 11) is 3.30. The molecule has 2 N–H and O–H groups in total. The Morgan fingerprint density at radius 3 is 2.18 bits per heavy atom. The molecule has 0 unspecified atom stereocenters. The van der Waals surface area contributed by atoms with Gasteiger partial charge in [0.2, 0.25) is 0 Å². The third kappa shape index (κ3) is 2.67. The minimum atomic E-state index is -0.167. The fourth-order valence-electron chi connectivity index (χ4n) is 2.44. The Labute approximate surface area is 109 Å². The largest absolute Gasteiger partial charge is 0.493 e. The van der Waals surface area contributed by atoms with Gasteiger partial charge in [-0.1, -0.05) is 18.9 Å². The second-order valence-electron chi connectivity index (χ2n) is 4.43. The summed E-state index contributed by atoms with van der Waals surface area (Å²) in [5.41, 5.74) is 7.39. The van der Waals surface area contributed by atoms with Crippen LogP contribution in [0.3, 0.4) is 0 Å². The molecule has 0 heterocycles. The molecule has 1 aliphatic rings. The number of benzene rings is 1. The predicted octanol–water partition coefficient (Wildman–Crippen LogP) is 2.85. The van der Waals surface area contributed by atoms with Crippen molar-refractivity contribution in [2.75, 3.05) is 14.2 Å². The van der Waals surface area contributed by atoms with Crippen molar-refractivity contribution in [3.63, 3.8) is 0 Å². The molecule has 0 aromatic heterocycles. The Morgan fingerprint density at radius 2 is 1.65 bits per heavy atom. The van der Waals surface area contributed by atoms with Crippen LogP contribution < -0.4 is 15.2 Å². The van der Waals surface area contributed by atoms with Gasteiger partial charge in [0.15, 0.2) is 11.5 Å². The fourth-order valence-corrected chi connectivity index (χ4v) is 2.44. The van der Waals surface area contributed by atoms with Crippen LogP contribution in [0.5, 0.6) is 11.5 Å². The zero-order valence-electron chi connectivity index (χ0n) is 10.4. The Hall–Kier alpha value is -0.930. The maximum absolute atomic E-state index is 6.40. The summed E-state index contributed by atoms with van der Waals surface area (Å²) in [5, 5.41) is 0. The van der Waals surface area contributed by atoms with Crippen molar-refractivity contribution in [3.05, 3.63) is 23.8 Å². The van der Waals surface area contributed by atoms with Crippen LogP contribution >= 0.6 is 12.4 Å². The highest BCUT2D eigenvalue weighted by Crippen LogP contribution is 2.39. The Morgan fingerprint density at radius 1 is 1.06 bits per heavy atom. The molecular weight excluding hydrogens is 238 g/mol. The highest BCUT2D eigenvalue weighted by Gasteiger charge is 2.31. The first-order chi connectivity index (χ1) is 7.69. The molecule has 1 saturated carbocycles. The summed E-state index contributed by atoms with van der Waals surface area (Å²) < 4.78 is 10.5. The van der Waals surface area contributed by atoms with Crippen molar-refractivity contribution < 1.29 is 9.47 Å². The van der Waals surface area contributed by atoms with Crippen molar-refractivity contribution in [1.29, 1.82) is 0 Å². The predicted molar refractivity (Wildman–Crippen MR) is 71.1 cm³/mol. The molecule has 96 valence electrons. The third-order valence-electron chi connectivity index (χ3n) is 3.45. The van der Waals surface area contributed by atoms with Crippen LogP contribution in [0.25, 0.3) is 0 Å². The highest BCUT2D eigenvalue weighted by molar-refractivity contribution is 5.85. The van der Waals surface area contributed by atoms with E-state index in [9.17, 15) is 0 Å². The highest BCUT2D eigenvalue weighted by atomic mass is 35.5. The van der Waals surface area contributed by atoms with Gasteiger partial charge < -0.3 is 15.2 Å². The molecule has 0 atom stereocenters. The van der Waals surface area contributed by atoms with Crippen LogP contribution in [0.2, 0.25) is 0 Å². The average molecular weight is 258 g/mol. The zero-order chi connectivity index (χ0) is 11.6. The molecule has 0 bridgehead atoms. The number of halogens is 1. The van der Waals surface area contributed by atoms with Gasteiger partial charge in [0.05, 0.1) is 14.2 Å². The second kappa shape index (κ2) is 5.61. The lowest BCUT2D eigenvalue weighted by Crippen LogP contribution is -2.32. The summed E-state index contributed by atoms with van der Waals surface area (Å²) in [5.74, 6) is 1.52. The van der Waals surface area contributed by atoms with E-state index in [1.165, 1.54) is 12.8 Å².